The van der Waals surface area contributed by atoms with Crippen molar-refractivity contribution in [2.75, 3.05) is 0 Å². The van der Waals surface area contributed by atoms with Crippen LogP contribution in [0, 0.1) is 0 Å². The van der Waals surface area contributed by atoms with Crippen LogP contribution in [0.15, 0.2) is 36.7 Å². The predicted molar refractivity (Wildman–Crippen MR) is 78.9 cm³/mol. The SMILES string of the molecule is CCCCc1ccc(C(C)NCc2cn[nH]c2)cc1. The normalized spacial score (nSPS) is 12.5. The fourth-order valence-corrected chi connectivity index (χ4v) is 2.12. The number of benzene rings is 1. The minimum absolute atomic E-state index is 0.357. The standard InChI is InChI=1S/C16H23N3/c1-3-4-5-14-6-8-16(9-7-14)13(2)17-10-15-11-18-19-12-15/h6-9,11-13,17H,3-5,10H2,1-2H3,(H,18,19). The lowest BCUT2D eigenvalue weighted by Gasteiger charge is -2.14. The molecule has 19 heavy (non-hydrogen) atoms. The van der Waals surface area contributed by atoms with Gasteiger partial charge in [0.05, 0.1) is 6.20 Å². The van der Waals surface area contributed by atoms with Crippen molar-refractivity contribution in [1.29, 1.82) is 0 Å². The lowest BCUT2D eigenvalue weighted by atomic mass is 10.0. The van der Waals surface area contributed by atoms with Gasteiger partial charge in [-0.1, -0.05) is 37.6 Å². The molecule has 1 unspecified atom stereocenters. The Hall–Kier alpha value is -1.61. The molecule has 1 atom stereocenters. The summed E-state index contributed by atoms with van der Waals surface area (Å²) in [6.45, 7) is 5.27. The second-order valence-electron chi connectivity index (χ2n) is 5.05. The molecule has 1 aromatic heterocycles. The van der Waals surface area contributed by atoms with E-state index < -0.39 is 0 Å². The highest BCUT2D eigenvalue weighted by molar-refractivity contribution is 5.25. The molecule has 1 aromatic carbocycles. The van der Waals surface area contributed by atoms with Crippen LogP contribution in [-0.2, 0) is 13.0 Å². The largest absolute Gasteiger partial charge is 0.306 e. The minimum Gasteiger partial charge on any atom is -0.306 e. The minimum atomic E-state index is 0.357. The summed E-state index contributed by atoms with van der Waals surface area (Å²) in [6, 6.07) is 9.33. The highest BCUT2D eigenvalue weighted by atomic mass is 15.1. The van der Waals surface area contributed by atoms with Crippen molar-refractivity contribution < 1.29 is 0 Å². The van der Waals surface area contributed by atoms with E-state index in [0.717, 1.165) is 6.54 Å². The molecule has 0 amide bonds. The van der Waals surface area contributed by atoms with Crippen molar-refractivity contribution in [3.63, 3.8) is 0 Å². The predicted octanol–water partition coefficient (Wildman–Crippen LogP) is 3.60. The fourth-order valence-electron chi connectivity index (χ4n) is 2.12. The summed E-state index contributed by atoms with van der Waals surface area (Å²) in [7, 11) is 0. The number of aromatic nitrogens is 2. The fraction of sp³-hybridized carbons (Fsp3) is 0.438. The quantitative estimate of drug-likeness (QED) is 0.795. The van der Waals surface area contributed by atoms with Crippen molar-refractivity contribution in [1.82, 2.24) is 15.5 Å². The van der Waals surface area contributed by atoms with Gasteiger partial charge in [0.1, 0.15) is 0 Å². The first-order valence-electron chi connectivity index (χ1n) is 7.09. The molecule has 3 nitrogen and oxygen atoms in total. The summed E-state index contributed by atoms with van der Waals surface area (Å²) in [5.41, 5.74) is 3.96. The number of nitrogens with zero attached hydrogens (tertiary/aromatic N) is 1. The van der Waals surface area contributed by atoms with E-state index in [1.807, 2.05) is 12.4 Å². The van der Waals surface area contributed by atoms with Crippen LogP contribution in [0.5, 0.6) is 0 Å². The molecule has 0 aliphatic heterocycles. The van der Waals surface area contributed by atoms with E-state index in [9.17, 15) is 0 Å². The van der Waals surface area contributed by atoms with Crippen LogP contribution >= 0.6 is 0 Å². The zero-order valence-electron chi connectivity index (χ0n) is 11.8. The molecule has 0 aliphatic carbocycles. The number of unbranched alkanes of at least 4 members (excludes halogenated alkanes) is 1. The number of hydrogen-bond donors (Lipinski definition) is 2. The summed E-state index contributed by atoms with van der Waals surface area (Å²) >= 11 is 0. The Kier molecular flexibility index (Phi) is 5.16. The van der Waals surface area contributed by atoms with Crippen molar-refractivity contribution in [3.05, 3.63) is 53.3 Å². The average Bonchev–Trinajstić information content (AvgIpc) is 2.96. The molecule has 2 aromatic rings. The van der Waals surface area contributed by atoms with E-state index in [0.29, 0.717) is 6.04 Å². The van der Waals surface area contributed by atoms with Crippen LogP contribution in [0.1, 0.15) is 49.4 Å². The number of rotatable bonds is 7. The third-order valence-corrected chi connectivity index (χ3v) is 3.47. The number of aromatic amines is 1. The van der Waals surface area contributed by atoms with Gasteiger partial charge >= 0.3 is 0 Å². The van der Waals surface area contributed by atoms with Crippen LogP contribution in [0.2, 0.25) is 0 Å². The topological polar surface area (TPSA) is 40.7 Å². The number of aryl methyl sites for hydroxylation is 1. The van der Waals surface area contributed by atoms with Crippen molar-refractivity contribution in [3.8, 4) is 0 Å². The molecule has 0 fully saturated rings. The molecule has 0 aliphatic rings. The monoisotopic (exact) mass is 257 g/mol. The third-order valence-electron chi connectivity index (χ3n) is 3.47. The van der Waals surface area contributed by atoms with E-state index in [1.54, 1.807) is 0 Å². The Bertz CT molecular complexity index is 459. The van der Waals surface area contributed by atoms with E-state index in [2.05, 4.69) is 53.6 Å². The smallest absolute Gasteiger partial charge is 0.0532 e. The lowest BCUT2D eigenvalue weighted by molar-refractivity contribution is 0.574. The molecule has 3 heteroatoms. The van der Waals surface area contributed by atoms with Gasteiger partial charge in [-0.25, -0.2) is 0 Å². The van der Waals surface area contributed by atoms with Crippen LogP contribution in [-0.4, -0.2) is 10.2 Å². The van der Waals surface area contributed by atoms with Gasteiger partial charge in [-0.2, -0.15) is 5.10 Å². The molecular weight excluding hydrogens is 234 g/mol. The zero-order valence-corrected chi connectivity index (χ0v) is 11.8. The van der Waals surface area contributed by atoms with Crippen LogP contribution in [0.25, 0.3) is 0 Å². The molecule has 2 N–H and O–H groups in total. The number of H-pyrrole nitrogens is 1. The van der Waals surface area contributed by atoms with Gasteiger partial charge < -0.3 is 5.32 Å². The third kappa shape index (κ3) is 4.21. The first-order chi connectivity index (χ1) is 9.29. The average molecular weight is 257 g/mol. The van der Waals surface area contributed by atoms with Gasteiger partial charge in [0.2, 0.25) is 0 Å². The Morgan fingerprint density at radius 3 is 2.63 bits per heavy atom. The first kappa shape index (κ1) is 13.8. The van der Waals surface area contributed by atoms with Crippen LogP contribution in [0.4, 0.5) is 0 Å². The van der Waals surface area contributed by atoms with Gasteiger partial charge in [0.15, 0.2) is 0 Å². The van der Waals surface area contributed by atoms with E-state index in [1.165, 1.54) is 36.0 Å². The maximum absolute atomic E-state index is 3.95. The number of nitrogens with one attached hydrogen (secondary N) is 2. The van der Waals surface area contributed by atoms with Gasteiger partial charge in [-0.15, -0.1) is 0 Å². The Balaban J connectivity index is 1.86. The molecule has 0 radical (unpaired) electrons. The molecular formula is C16H23N3. The Morgan fingerprint density at radius 2 is 2.00 bits per heavy atom. The first-order valence-corrected chi connectivity index (χ1v) is 7.09. The summed E-state index contributed by atoms with van der Waals surface area (Å²) in [5.74, 6) is 0. The number of hydrogen-bond acceptors (Lipinski definition) is 2. The second-order valence-corrected chi connectivity index (χ2v) is 5.05. The highest BCUT2D eigenvalue weighted by Gasteiger charge is 2.05. The molecule has 0 saturated carbocycles. The highest BCUT2D eigenvalue weighted by Crippen LogP contribution is 2.15. The Labute approximate surface area is 115 Å². The van der Waals surface area contributed by atoms with E-state index in [-0.39, 0.29) is 0 Å². The molecule has 1 heterocycles. The van der Waals surface area contributed by atoms with E-state index >= 15 is 0 Å². The second kappa shape index (κ2) is 7.10. The van der Waals surface area contributed by atoms with Gasteiger partial charge in [-0.3, -0.25) is 5.10 Å². The van der Waals surface area contributed by atoms with E-state index in [4.69, 9.17) is 0 Å². The maximum atomic E-state index is 3.95. The molecule has 102 valence electrons. The summed E-state index contributed by atoms with van der Waals surface area (Å²) in [5, 5.41) is 10.3. The van der Waals surface area contributed by atoms with Crippen molar-refractivity contribution >= 4 is 0 Å². The van der Waals surface area contributed by atoms with Crippen molar-refractivity contribution in [2.24, 2.45) is 0 Å². The molecule has 0 bridgehead atoms. The van der Waals surface area contributed by atoms with Crippen LogP contribution in [0.3, 0.4) is 0 Å². The summed E-state index contributed by atoms with van der Waals surface area (Å²) in [4.78, 5) is 0. The molecule has 0 spiro atoms. The zero-order chi connectivity index (χ0) is 13.5. The van der Waals surface area contributed by atoms with Gasteiger partial charge in [-0.05, 0) is 30.9 Å². The Morgan fingerprint density at radius 1 is 1.21 bits per heavy atom. The van der Waals surface area contributed by atoms with Crippen molar-refractivity contribution in [2.45, 2.75) is 45.7 Å². The molecule has 2 rings (SSSR count). The summed E-state index contributed by atoms with van der Waals surface area (Å²) in [6.07, 6.45) is 7.49. The van der Waals surface area contributed by atoms with Gasteiger partial charge in [0.25, 0.3) is 0 Å². The van der Waals surface area contributed by atoms with Crippen LogP contribution < -0.4 is 5.32 Å². The molecule has 0 saturated heterocycles. The van der Waals surface area contributed by atoms with Gasteiger partial charge in [0, 0.05) is 24.3 Å². The lowest BCUT2D eigenvalue weighted by Crippen LogP contribution is -2.17. The summed E-state index contributed by atoms with van der Waals surface area (Å²) < 4.78 is 0. The maximum Gasteiger partial charge on any atom is 0.0532 e.